The molecule has 174 valence electrons. The summed E-state index contributed by atoms with van der Waals surface area (Å²) < 4.78 is 10.3. The van der Waals surface area contributed by atoms with Gasteiger partial charge in [0.15, 0.2) is 0 Å². The zero-order valence-electron chi connectivity index (χ0n) is 19.2. The van der Waals surface area contributed by atoms with Crippen molar-refractivity contribution in [2.24, 2.45) is 0 Å². The van der Waals surface area contributed by atoms with Crippen molar-refractivity contribution >= 4 is 105 Å². The zero-order valence-corrected chi connectivity index (χ0v) is 25.1. The van der Waals surface area contributed by atoms with Crippen molar-refractivity contribution in [2.75, 3.05) is 14.1 Å². The summed E-state index contributed by atoms with van der Waals surface area (Å²) in [6, 6.07) is 13.1. The van der Waals surface area contributed by atoms with Gasteiger partial charge in [-0.2, -0.15) is 0 Å². The Morgan fingerprint density at radius 1 is 0.686 bits per heavy atom. The Labute approximate surface area is 225 Å². The molecule has 0 bridgehead atoms. The third-order valence-electron chi connectivity index (χ3n) is 6.43. The van der Waals surface area contributed by atoms with Crippen LogP contribution in [-0.2, 0) is 9.59 Å². The van der Waals surface area contributed by atoms with Gasteiger partial charge in [0.25, 0.3) is 0 Å². The van der Waals surface area contributed by atoms with Crippen molar-refractivity contribution in [3.8, 4) is 9.31 Å². The van der Waals surface area contributed by atoms with Gasteiger partial charge < -0.3 is 0 Å². The van der Waals surface area contributed by atoms with E-state index in [4.69, 9.17) is 0 Å². The molecule has 0 radical (unpaired) electrons. The van der Waals surface area contributed by atoms with Crippen LogP contribution >= 0.6 is 34.0 Å². The maximum absolute atomic E-state index is 13.4. The van der Waals surface area contributed by atoms with Gasteiger partial charge in [0.05, 0.1) is 0 Å². The number of carbonyl (C=O) groups is 2. The Hall–Kier alpha value is -1.96. The number of aryl methyl sites for hydroxylation is 2. The number of fused-ring (bicyclic) bond motifs is 4. The van der Waals surface area contributed by atoms with E-state index in [0.29, 0.717) is 11.1 Å². The van der Waals surface area contributed by atoms with Crippen LogP contribution in [0, 0.1) is 13.8 Å². The Morgan fingerprint density at radius 2 is 1.26 bits per heavy atom. The first-order chi connectivity index (χ1) is 16.8. The minimum atomic E-state index is -0.0683. The average Bonchev–Trinajstić information content (AvgIpc) is 3.64. The summed E-state index contributed by atoms with van der Waals surface area (Å²) in [7, 11) is 3.61. The van der Waals surface area contributed by atoms with Gasteiger partial charge in [0.2, 0.25) is 0 Å². The molecule has 0 atom stereocenters. The van der Waals surface area contributed by atoms with Crippen LogP contribution in [0.5, 0.6) is 0 Å². The SMILES string of the molecule is Cc1cc2sc3cc(-c4ccc(C5=C6C(=O)N(C)C(c7ccc(C)[se]7)=C6C(=O)N5C)[se]4)sc3c2s1. The van der Waals surface area contributed by atoms with E-state index in [1.165, 1.54) is 37.4 Å². The summed E-state index contributed by atoms with van der Waals surface area (Å²) in [6.07, 6.45) is 0. The summed E-state index contributed by atoms with van der Waals surface area (Å²) in [5.41, 5.74) is 2.77. The molecule has 2 aliphatic rings. The maximum atomic E-state index is 13.4. The van der Waals surface area contributed by atoms with Gasteiger partial charge >= 0.3 is 227 Å². The van der Waals surface area contributed by atoms with Crippen LogP contribution in [0.15, 0.2) is 47.5 Å². The fourth-order valence-corrected chi connectivity index (χ4v) is 13.3. The van der Waals surface area contributed by atoms with Crippen molar-refractivity contribution in [1.29, 1.82) is 0 Å². The van der Waals surface area contributed by atoms with Crippen LogP contribution in [0.3, 0.4) is 0 Å². The van der Waals surface area contributed by atoms with E-state index in [-0.39, 0.29) is 40.8 Å². The van der Waals surface area contributed by atoms with Crippen molar-refractivity contribution in [1.82, 2.24) is 9.80 Å². The van der Waals surface area contributed by atoms with Crippen molar-refractivity contribution < 1.29 is 9.59 Å². The molecule has 7 rings (SSSR count). The van der Waals surface area contributed by atoms with E-state index < -0.39 is 0 Å². The van der Waals surface area contributed by atoms with Crippen LogP contribution in [0.2, 0.25) is 0 Å². The summed E-state index contributed by atoms with van der Waals surface area (Å²) in [6.45, 7) is 4.28. The second-order valence-corrected chi connectivity index (χ2v) is 17.1. The topological polar surface area (TPSA) is 40.6 Å². The number of amides is 2. The molecule has 4 nitrogen and oxygen atoms in total. The van der Waals surface area contributed by atoms with Crippen LogP contribution in [0.1, 0.15) is 18.2 Å². The molecule has 35 heavy (non-hydrogen) atoms. The molecule has 5 aromatic rings. The number of hydrogen-bond donors (Lipinski definition) is 0. The molecule has 2 amide bonds. The summed E-state index contributed by atoms with van der Waals surface area (Å²) >= 11 is 5.79. The fraction of sp³-hybridized carbons (Fsp3) is 0.154. The number of carbonyl (C=O) groups excluding carboxylic acids is 2. The van der Waals surface area contributed by atoms with E-state index in [1.54, 1.807) is 16.8 Å². The van der Waals surface area contributed by atoms with E-state index in [1.807, 2.05) is 41.1 Å². The second kappa shape index (κ2) is 7.77. The average molecular weight is 645 g/mol. The van der Waals surface area contributed by atoms with Gasteiger partial charge in [-0.1, -0.05) is 0 Å². The van der Waals surface area contributed by atoms with E-state index in [0.717, 1.165) is 20.3 Å². The first kappa shape index (κ1) is 22.3. The number of thiophene rings is 3. The molecule has 5 aromatic heterocycles. The molecule has 0 saturated heterocycles. The molecule has 0 aromatic carbocycles. The summed E-state index contributed by atoms with van der Waals surface area (Å²) in [5, 5.41) is 0. The Kier molecular flexibility index (Phi) is 4.94. The molecular formula is C26H18N2O2S3Se2. The van der Waals surface area contributed by atoms with E-state index in [9.17, 15) is 9.59 Å². The Bertz CT molecular complexity index is 1810. The number of hydrogen-bond acceptors (Lipinski definition) is 5. The van der Waals surface area contributed by atoms with Crippen molar-refractivity contribution in [2.45, 2.75) is 13.8 Å². The van der Waals surface area contributed by atoms with Gasteiger partial charge in [-0.05, 0) is 0 Å². The first-order valence-corrected chi connectivity index (χ1v) is 16.8. The summed E-state index contributed by atoms with van der Waals surface area (Å²) in [4.78, 5) is 32.9. The third kappa shape index (κ3) is 3.13. The molecule has 0 aliphatic carbocycles. The van der Waals surface area contributed by atoms with Gasteiger partial charge in [0.1, 0.15) is 0 Å². The Balaban J connectivity index is 1.35. The number of nitrogens with zero attached hydrogens (tertiary/aromatic N) is 2. The molecule has 0 N–H and O–H groups in total. The second-order valence-electron chi connectivity index (χ2n) is 8.71. The minimum absolute atomic E-state index is 0.0279. The summed E-state index contributed by atoms with van der Waals surface area (Å²) in [5.74, 6) is -0.137. The molecule has 0 fully saturated rings. The predicted molar refractivity (Wildman–Crippen MR) is 150 cm³/mol. The number of likely N-dealkylation sites (N-methyl/N-ethyl adjacent to an activating group) is 2. The standard InChI is InChI=1S/C26H18N2O2S3Se2/c1-11-9-14-23(31-11)24-15(32-14)10-13(33-24)16-7-8-18(35-16)22-20-19(25(29)28(22)4)21(27(3)26(20)30)17-6-5-12(2)34-17/h5-10H,1-4H3. The Morgan fingerprint density at radius 3 is 1.91 bits per heavy atom. The molecule has 2 aliphatic heterocycles. The predicted octanol–water partition coefficient (Wildman–Crippen LogP) is 5.64. The fourth-order valence-electron chi connectivity index (χ4n) is 4.84. The molecule has 9 heteroatoms. The van der Waals surface area contributed by atoms with Gasteiger partial charge in [-0.3, -0.25) is 0 Å². The molecular weight excluding hydrogens is 626 g/mol. The molecule has 7 heterocycles. The molecule has 0 spiro atoms. The quantitative estimate of drug-likeness (QED) is 0.239. The number of rotatable bonds is 3. The van der Waals surface area contributed by atoms with Crippen LogP contribution in [-0.4, -0.2) is 64.7 Å². The zero-order chi connectivity index (χ0) is 24.2. The first-order valence-electron chi connectivity index (χ1n) is 11.0. The van der Waals surface area contributed by atoms with Crippen LogP contribution < -0.4 is 0 Å². The van der Waals surface area contributed by atoms with Crippen LogP contribution in [0.4, 0.5) is 0 Å². The van der Waals surface area contributed by atoms with Gasteiger partial charge in [-0.25, -0.2) is 0 Å². The van der Waals surface area contributed by atoms with Crippen molar-refractivity contribution in [3.05, 3.63) is 65.7 Å². The van der Waals surface area contributed by atoms with Gasteiger partial charge in [0, 0.05) is 0 Å². The third-order valence-corrected chi connectivity index (χ3v) is 14.9. The normalized spacial score (nSPS) is 16.3. The van der Waals surface area contributed by atoms with Gasteiger partial charge in [-0.15, -0.1) is 0 Å². The molecule has 0 unspecified atom stereocenters. The van der Waals surface area contributed by atoms with Crippen LogP contribution in [0.25, 0.3) is 39.5 Å². The monoisotopic (exact) mass is 646 g/mol. The van der Waals surface area contributed by atoms with E-state index >= 15 is 0 Å². The van der Waals surface area contributed by atoms with Crippen molar-refractivity contribution in [3.63, 3.8) is 0 Å². The molecule has 0 saturated carbocycles. The van der Waals surface area contributed by atoms with E-state index in [2.05, 4.69) is 50.2 Å².